The SMILES string of the molecule is C/C=C/C(C)=C(/C)OC(C)(C)CO. The monoisotopic (exact) mass is 184 g/mol. The van der Waals surface area contributed by atoms with Crippen molar-refractivity contribution in [1.82, 2.24) is 0 Å². The molecule has 0 spiro atoms. The van der Waals surface area contributed by atoms with E-state index in [1.165, 1.54) is 0 Å². The number of aliphatic hydroxyl groups is 1. The molecule has 1 N–H and O–H groups in total. The van der Waals surface area contributed by atoms with Gasteiger partial charge in [-0.2, -0.15) is 0 Å². The van der Waals surface area contributed by atoms with E-state index in [-0.39, 0.29) is 6.61 Å². The fourth-order valence-electron chi connectivity index (χ4n) is 0.895. The maximum Gasteiger partial charge on any atom is 0.126 e. The Morgan fingerprint density at radius 2 is 1.92 bits per heavy atom. The Morgan fingerprint density at radius 1 is 1.38 bits per heavy atom. The number of rotatable bonds is 4. The van der Waals surface area contributed by atoms with Gasteiger partial charge >= 0.3 is 0 Å². The molecule has 0 rings (SSSR count). The minimum atomic E-state index is -0.493. The van der Waals surface area contributed by atoms with Crippen molar-refractivity contribution in [3.05, 3.63) is 23.5 Å². The topological polar surface area (TPSA) is 29.5 Å². The molecule has 0 fully saturated rings. The molecule has 0 heterocycles. The lowest BCUT2D eigenvalue weighted by molar-refractivity contribution is -0.0131. The molecular formula is C11H20O2. The first kappa shape index (κ1) is 12.2. The predicted octanol–water partition coefficient (Wildman–Crippen LogP) is 2.64. The molecule has 0 saturated heterocycles. The average molecular weight is 184 g/mol. The normalized spacial score (nSPS) is 14.6. The minimum Gasteiger partial charge on any atom is -0.490 e. The Hall–Kier alpha value is -0.760. The number of ether oxygens (including phenoxy) is 1. The maximum absolute atomic E-state index is 8.99. The Bertz CT molecular complexity index is 212. The molecule has 0 atom stereocenters. The Labute approximate surface area is 80.9 Å². The van der Waals surface area contributed by atoms with Crippen molar-refractivity contribution >= 4 is 0 Å². The van der Waals surface area contributed by atoms with E-state index in [2.05, 4.69) is 0 Å². The van der Waals surface area contributed by atoms with E-state index >= 15 is 0 Å². The van der Waals surface area contributed by atoms with E-state index in [1.54, 1.807) is 0 Å². The second-order valence-corrected chi connectivity index (χ2v) is 3.76. The van der Waals surface area contributed by atoms with Crippen molar-refractivity contribution < 1.29 is 9.84 Å². The summed E-state index contributed by atoms with van der Waals surface area (Å²) < 4.78 is 5.58. The van der Waals surface area contributed by atoms with Gasteiger partial charge < -0.3 is 9.84 Å². The lowest BCUT2D eigenvalue weighted by atomic mass is 10.1. The van der Waals surface area contributed by atoms with Crippen molar-refractivity contribution in [2.75, 3.05) is 6.61 Å². The zero-order valence-electron chi connectivity index (χ0n) is 9.22. The summed E-state index contributed by atoms with van der Waals surface area (Å²) in [5.41, 5.74) is 0.594. The molecule has 76 valence electrons. The van der Waals surface area contributed by atoms with Gasteiger partial charge in [-0.3, -0.25) is 0 Å². The van der Waals surface area contributed by atoms with Crippen LogP contribution in [0.3, 0.4) is 0 Å². The summed E-state index contributed by atoms with van der Waals surface area (Å²) in [5, 5.41) is 8.99. The van der Waals surface area contributed by atoms with Gasteiger partial charge in [-0.25, -0.2) is 0 Å². The lowest BCUT2D eigenvalue weighted by Gasteiger charge is -2.25. The van der Waals surface area contributed by atoms with Crippen LogP contribution in [0, 0.1) is 0 Å². The van der Waals surface area contributed by atoms with Crippen LogP contribution in [-0.4, -0.2) is 17.3 Å². The second-order valence-electron chi connectivity index (χ2n) is 3.76. The first-order chi connectivity index (χ1) is 5.93. The van der Waals surface area contributed by atoms with Gasteiger partial charge in [0.05, 0.1) is 12.4 Å². The van der Waals surface area contributed by atoms with Gasteiger partial charge in [-0.05, 0) is 40.2 Å². The summed E-state index contributed by atoms with van der Waals surface area (Å²) in [6, 6.07) is 0. The molecule has 13 heavy (non-hydrogen) atoms. The molecule has 0 aliphatic carbocycles. The lowest BCUT2D eigenvalue weighted by Crippen LogP contribution is -2.28. The van der Waals surface area contributed by atoms with Gasteiger partial charge in [0.2, 0.25) is 0 Å². The zero-order chi connectivity index (χ0) is 10.5. The van der Waals surface area contributed by atoms with E-state index in [1.807, 2.05) is 46.8 Å². The number of hydrogen-bond donors (Lipinski definition) is 1. The fourth-order valence-corrected chi connectivity index (χ4v) is 0.895. The molecule has 0 aliphatic heterocycles. The molecule has 0 aromatic carbocycles. The van der Waals surface area contributed by atoms with Gasteiger partial charge in [0, 0.05) is 0 Å². The van der Waals surface area contributed by atoms with Crippen molar-refractivity contribution in [2.45, 2.75) is 40.2 Å². The van der Waals surface area contributed by atoms with Crippen molar-refractivity contribution in [2.24, 2.45) is 0 Å². The summed E-state index contributed by atoms with van der Waals surface area (Å²) >= 11 is 0. The standard InChI is InChI=1S/C11H20O2/c1-6-7-9(2)10(3)13-11(4,5)8-12/h6-7,12H,8H2,1-5H3/b7-6+,10-9-. The Morgan fingerprint density at radius 3 is 2.31 bits per heavy atom. The van der Waals surface area contributed by atoms with Gasteiger partial charge in [-0.15, -0.1) is 0 Å². The van der Waals surface area contributed by atoms with Gasteiger partial charge in [0.1, 0.15) is 5.60 Å². The quantitative estimate of drug-likeness (QED) is 0.537. The van der Waals surface area contributed by atoms with Crippen LogP contribution in [0.5, 0.6) is 0 Å². The van der Waals surface area contributed by atoms with Crippen LogP contribution in [0.15, 0.2) is 23.5 Å². The third-order valence-electron chi connectivity index (χ3n) is 1.78. The molecule has 0 aliphatic rings. The summed E-state index contributed by atoms with van der Waals surface area (Å²) in [5.74, 6) is 0.858. The van der Waals surface area contributed by atoms with E-state index in [9.17, 15) is 0 Å². The summed E-state index contributed by atoms with van der Waals surface area (Å²) in [6.07, 6.45) is 3.96. The molecule has 0 bridgehead atoms. The molecule has 0 amide bonds. The highest BCUT2D eigenvalue weighted by Crippen LogP contribution is 2.16. The number of aliphatic hydroxyl groups excluding tert-OH is 1. The van der Waals surface area contributed by atoms with E-state index in [4.69, 9.17) is 9.84 Å². The van der Waals surface area contributed by atoms with Crippen molar-refractivity contribution in [3.8, 4) is 0 Å². The minimum absolute atomic E-state index is 0.0213. The average Bonchev–Trinajstić information content (AvgIpc) is 2.04. The molecule has 2 heteroatoms. The van der Waals surface area contributed by atoms with Crippen molar-refractivity contribution in [1.29, 1.82) is 0 Å². The van der Waals surface area contributed by atoms with Gasteiger partial charge in [-0.1, -0.05) is 12.2 Å². The summed E-state index contributed by atoms with van der Waals surface area (Å²) in [7, 11) is 0. The first-order valence-corrected chi connectivity index (χ1v) is 4.53. The van der Waals surface area contributed by atoms with Crippen LogP contribution < -0.4 is 0 Å². The van der Waals surface area contributed by atoms with Gasteiger partial charge in [0.15, 0.2) is 0 Å². The second kappa shape index (κ2) is 5.07. The molecular weight excluding hydrogens is 164 g/mol. The smallest absolute Gasteiger partial charge is 0.126 e. The van der Waals surface area contributed by atoms with Crippen molar-refractivity contribution in [3.63, 3.8) is 0 Å². The maximum atomic E-state index is 8.99. The van der Waals surface area contributed by atoms with Crippen LogP contribution in [0.2, 0.25) is 0 Å². The highest BCUT2D eigenvalue weighted by atomic mass is 16.5. The molecule has 0 unspecified atom stereocenters. The largest absolute Gasteiger partial charge is 0.490 e. The summed E-state index contributed by atoms with van der Waals surface area (Å²) in [4.78, 5) is 0. The highest BCUT2D eigenvalue weighted by Gasteiger charge is 2.18. The van der Waals surface area contributed by atoms with Crippen LogP contribution in [0.25, 0.3) is 0 Å². The van der Waals surface area contributed by atoms with E-state index in [0.717, 1.165) is 11.3 Å². The fraction of sp³-hybridized carbons (Fsp3) is 0.636. The van der Waals surface area contributed by atoms with E-state index in [0.29, 0.717) is 0 Å². The van der Waals surface area contributed by atoms with Crippen LogP contribution in [-0.2, 0) is 4.74 Å². The zero-order valence-corrected chi connectivity index (χ0v) is 9.22. The predicted molar refractivity (Wildman–Crippen MR) is 55.4 cm³/mol. The molecule has 0 aromatic heterocycles. The Kier molecular flexibility index (Phi) is 4.78. The van der Waals surface area contributed by atoms with E-state index < -0.39 is 5.60 Å². The first-order valence-electron chi connectivity index (χ1n) is 4.53. The number of allylic oxidation sites excluding steroid dienone is 4. The summed E-state index contributed by atoms with van der Waals surface area (Å²) in [6.45, 7) is 9.61. The van der Waals surface area contributed by atoms with Crippen LogP contribution in [0.1, 0.15) is 34.6 Å². The highest BCUT2D eigenvalue weighted by molar-refractivity contribution is 5.18. The molecule has 2 nitrogen and oxygen atoms in total. The van der Waals surface area contributed by atoms with Crippen LogP contribution >= 0.6 is 0 Å². The molecule has 0 saturated carbocycles. The molecule has 0 aromatic rings. The third kappa shape index (κ3) is 4.73. The van der Waals surface area contributed by atoms with Gasteiger partial charge in [0.25, 0.3) is 0 Å². The van der Waals surface area contributed by atoms with Crippen LogP contribution in [0.4, 0.5) is 0 Å². The third-order valence-corrected chi connectivity index (χ3v) is 1.78. The molecule has 0 radical (unpaired) electrons. The number of hydrogen-bond acceptors (Lipinski definition) is 2. The Balaban J connectivity index is 4.44.